The van der Waals surface area contributed by atoms with Gasteiger partial charge in [0, 0.05) is 0 Å². The Morgan fingerprint density at radius 1 is 1.44 bits per heavy atom. The molecule has 0 radical (unpaired) electrons. The van der Waals surface area contributed by atoms with Gasteiger partial charge < -0.3 is 9.73 Å². The van der Waals surface area contributed by atoms with Crippen molar-refractivity contribution in [1.29, 1.82) is 0 Å². The molecular formula is C12H13ClFN3O. The van der Waals surface area contributed by atoms with Crippen molar-refractivity contribution in [1.82, 2.24) is 15.5 Å². The van der Waals surface area contributed by atoms with Crippen molar-refractivity contribution in [3.8, 4) is 11.5 Å². The molecule has 1 atom stereocenters. The Morgan fingerprint density at radius 3 is 2.89 bits per heavy atom. The lowest BCUT2D eigenvalue weighted by molar-refractivity contribution is 0.414. The minimum atomic E-state index is -0.549. The van der Waals surface area contributed by atoms with Crippen molar-refractivity contribution in [2.75, 3.05) is 7.05 Å². The molecule has 4 nitrogen and oxygen atoms in total. The van der Waals surface area contributed by atoms with Gasteiger partial charge in [0.15, 0.2) is 5.82 Å². The van der Waals surface area contributed by atoms with Crippen molar-refractivity contribution in [2.45, 2.75) is 19.4 Å². The van der Waals surface area contributed by atoms with E-state index in [1.807, 2.05) is 6.92 Å². The largest absolute Gasteiger partial charge is 0.419 e. The van der Waals surface area contributed by atoms with Crippen molar-refractivity contribution in [3.63, 3.8) is 0 Å². The third-order valence-electron chi connectivity index (χ3n) is 2.68. The standard InChI is InChI=1S/C12H13ClFN3O/c1-3-9(15-2)12-17-16-11(18-12)7-5-4-6-8(13)10(7)14/h4-6,9,15H,3H2,1-2H3. The summed E-state index contributed by atoms with van der Waals surface area (Å²) >= 11 is 5.71. The van der Waals surface area contributed by atoms with Gasteiger partial charge in [-0.05, 0) is 25.6 Å². The van der Waals surface area contributed by atoms with Gasteiger partial charge >= 0.3 is 0 Å². The van der Waals surface area contributed by atoms with Crippen molar-refractivity contribution >= 4 is 11.6 Å². The van der Waals surface area contributed by atoms with Crippen LogP contribution in [0.3, 0.4) is 0 Å². The molecule has 0 saturated heterocycles. The fourth-order valence-electron chi connectivity index (χ4n) is 1.66. The summed E-state index contributed by atoms with van der Waals surface area (Å²) in [5.74, 6) is 0.0277. The second-order valence-electron chi connectivity index (χ2n) is 3.80. The number of benzene rings is 1. The molecule has 2 rings (SSSR count). The lowest BCUT2D eigenvalue weighted by Gasteiger charge is -2.07. The van der Waals surface area contributed by atoms with Gasteiger partial charge in [-0.1, -0.05) is 24.6 Å². The smallest absolute Gasteiger partial charge is 0.250 e. The maximum Gasteiger partial charge on any atom is 0.250 e. The predicted molar refractivity (Wildman–Crippen MR) is 66.8 cm³/mol. The SMILES string of the molecule is CCC(NC)c1nnc(-c2cccc(Cl)c2F)o1. The molecule has 0 spiro atoms. The molecule has 96 valence electrons. The summed E-state index contributed by atoms with van der Waals surface area (Å²) in [4.78, 5) is 0. The normalized spacial score (nSPS) is 12.7. The van der Waals surface area contributed by atoms with Gasteiger partial charge in [0.1, 0.15) is 0 Å². The Balaban J connectivity index is 2.38. The van der Waals surface area contributed by atoms with E-state index in [9.17, 15) is 4.39 Å². The molecule has 6 heteroatoms. The number of nitrogens with zero attached hydrogens (tertiary/aromatic N) is 2. The zero-order chi connectivity index (χ0) is 13.1. The first kappa shape index (κ1) is 13.0. The predicted octanol–water partition coefficient (Wildman–Crippen LogP) is 3.20. The topological polar surface area (TPSA) is 51.0 Å². The van der Waals surface area contributed by atoms with E-state index in [4.69, 9.17) is 16.0 Å². The van der Waals surface area contributed by atoms with Gasteiger partial charge in [-0.3, -0.25) is 0 Å². The lowest BCUT2D eigenvalue weighted by Crippen LogP contribution is -2.15. The summed E-state index contributed by atoms with van der Waals surface area (Å²) in [6, 6.07) is 4.63. The summed E-state index contributed by atoms with van der Waals surface area (Å²) in [6.45, 7) is 1.99. The van der Waals surface area contributed by atoms with Crippen LogP contribution in [0.5, 0.6) is 0 Å². The number of nitrogens with one attached hydrogen (secondary N) is 1. The number of halogens is 2. The molecule has 0 aliphatic rings. The molecule has 0 bridgehead atoms. The van der Waals surface area contributed by atoms with E-state index >= 15 is 0 Å². The fraction of sp³-hybridized carbons (Fsp3) is 0.333. The Labute approximate surface area is 109 Å². The minimum Gasteiger partial charge on any atom is -0.419 e. The van der Waals surface area contributed by atoms with Crippen LogP contribution in [0.1, 0.15) is 25.3 Å². The molecule has 0 fully saturated rings. The number of rotatable bonds is 4. The van der Waals surface area contributed by atoms with Crippen LogP contribution in [0, 0.1) is 5.82 Å². The number of hydrogen-bond acceptors (Lipinski definition) is 4. The summed E-state index contributed by atoms with van der Waals surface area (Å²) in [7, 11) is 1.80. The zero-order valence-electron chi connectivity index (χ0n) is 10.1. The zero-order valence-corrected chi connectivity index (χ0v) is 10.8. The van der Waals surface area contributed by atoms with E-state index in [0.717, 1.165) is 6.42 Å². The molecule has 18 heavy (non-hydrogen) atoms. The van der Waals surface area contributed by atoms with Gasteiger partial charge in [-0.15, -0.1) is 10.2 Å². The Bertz CT molecular complexity index is 540. The molecule has 2 aromatic rings. The molecule has 1 unspecified atom stereocenters. The molecule has 0 aliphatic heterocycles. The quantitative estimate of drug-likeness (QED) is 0.926. The Hall–Kier alpha value is -1.46. The highest BCUT2D eigenvalue weighted by Gasteiger charge is 2.18. The second-order valence-corrected chi connectivity index (χ2v) is 4.20. The van der Waals surface area contributed by atoms with Crippen molar-refractivity contribution in [3.05, 3.63) is 34.9 Å². The average molecular weight is 270 g/mol. The monoisotopic (exact) mass is 269 g/mol. The van der Waals surface area contributed by atoms with Crippen LogP contribution in [0.15, 0.2) is 22.6 Å². The molecule has 1 heterocycles. The highest BCUT2D eigenvalue weighted by molar-refractivity contribution is 6.31. The van der Waals surface area contributed by atoms with Gasteiger partial charge in [0.2, 0.25) is 5.89 Å². The van der Waals surface area contributed by atoms with Gasteiger partial charge in [0.05, 0.1) is 16.6 Å². The van der Waals surface area contributed by atoms with E-state index in [-0.39, 0.29) is 22.5 Å². The first-order chi connectivity index (χ1) is 8.67. The van der Waals surface area contributed by atoms with Crippen LogP contribution in [0.25, 0.3) is 11.5 Å². The van der Waals surface area contributed by atoms with Crippen LogP contribution in [0.2, 0.25) is 5.02 Å². The Morgan fingerprint density at radius 2 is 2.22 bits per heavy atom. The maximum atomic E-state index is 13.8. The van der Waals surface area contributed by atoms with E-state index in [1.54, 1.807) is 19.2 Å². The molecular weight excluding hydrogens is 257 g/mol. The summed E-state index contributed by atoms with van der Waals surface area (Å²) in [5, 5.41) is 10.8. The highest BCUT2D eigenvalue weighted by Crippen LogP contribution is 2.27. The highest BCUT2D eigenvalue weighted by atomic mass is 35.5. The lowest BCUT2D eigenvalue weighted by atomic mass is 10.2. The Kier molecular flexibility index (Phi) is 3.93. The summed E-state index contributed by atoms with van der Waals surface area (Å²) < 4.78 is 19.3. The minimum absolute atomic E-state index is 0.0338. The van der Waals surface area contributed by atoms with Crippen LogP contribution < -0.4 is 5.32 Å². The van der Waals surface area contributed by atoms with Crippen LogP contribution in [0.4, 0.5) is 4.39 Å². The van der Waals surface area contributed by atoms with E-state index in [1.165, 1.54) is 6.07 Å². The third-order valence-corrected chi connectivity index (χ3v) is 2.97. The molecule has 0 amide bonds. The molecule has 0 aliphatic carbocycles. The van der Waals surface area contributed by atoms with Gasteiger partial charge in [0.25, 0.3) is 5.89 Å². The molecule has 0 saturated carbocycles. The van der Waals surface area contributed by atoms with Crippen LogP contribution in [-0.4, -0.2) is 17.2 Å². The molecule has 1 aromatic carbocycles. The number of aromatic nitrogens is 2. The molecule has 1 N–H and O–H groups in total. The first-order valence-electron chi connectivity index (χ1n) is 5.62. The number of hydrogen-bond donors (Lipinski definition) is 1. The van der Waals surface area contributed by atoms with Crippen LogP contribution in [-0.2, 0) is 0 Å². The van der Waals surface area contributed by atoms with E-state index < -0.39 is 5.82 Å². The third kappa shape index (κ3) is 2.37. The van der Waals surface area contributed by atoms with Crippen molar-refractivity contribution in [2.24, 2.45) is 0 Å². The summed E-state index contributed by atoms with van der Waals surface area (Å²) in [5.41, 5.74) is 0.215. The average Bonchev–Trinajstić information content (AvgIpc) is 2.84. The van der Waals surface area contributed by atoms with Gasteiger partial charge in [-0.2, -0.15) is 0 Å². The molecule has 1 aromatic heterocycles. The summed E-state index contributed by atoms with van der Waals surface area (Å²) in [6.07, 6.45) is 0.802. The second kappa shape index (κ2) is 5.46. The van der Waals surface area contributed by atoms with Crippen molar-refractivity contribution < 1.29 is 8.81 Å². The van der Waals surface area contributed by atoms with E-state index in [2.05, 4.69) is 15.5 Å². The van der Waals surface area contributed by atoms with Crippen LogP contribution >= 0.6 is 11.6 Å². The maximum absolute atomic E-state index is 13.8. The fourth-order valence-corrected chi connectivity index (χ4v) is 1.83. The van der Waals surface area contributed by atoms with Gasteiger partial charge in [-0.25, -0.2) is 4.39 Å². The van der Waals surface area contributed by atoms with E-state index in [0.29, 0.717) is 5.89 Å². The first-order valence-corrected chi connectivity index (χ1v) is 6.00.